The summed E-state index contributed by atoms with van der Waals surface area (Å²) in [6.45, 7) is 2.47. The van der Waals surface area contributed by atoms with Crippen LogP contribution in [0.3, 0.4) is 0 Å². The second-order valence-electron chi connectivity index (χ2n) is 5.25. The van der Waals surface area contributed by atoms with Gasteiger partial charge in [0.15, 0.2) is 0 Å². The van der Waals surface area contributed by atoms with Crippen LogP contribution < -0.4 is 15.2 Å². The van der Waals surface area contributed by atoms with Gasteiger partial charge in [0.25, 0.3) is 0 Å². The Hall–Kier alpha value is -3.01. The van der Waals surface area contributed by atoms with Crippen LogP contribution in [-0.2, 0) is 6.61 Å². The van der Waals surface area contributed by atoms with Gasteiger partial charge in [-0.25, -0.2) is 4.98 Å². The molecule has 116 valence electrons. The van der Waals surface area contributed by atoms with Gasteiger partial charge in [0.2, 0.25) is 5.88 Å². The molecular weight excluding hydrogens is 288 g/mol. The number of anilines is 1. The first-order chi connectivity index (χ1) is 11.2. The van der Waals surface area contributed by atoms with Crippen molar-refractivity contribution in [3.8, 4) is 17.4 Å². The fraction of sp³-hybridized carbons (Fsp3) is 0.105. The topological polar surface area (TPSA) is 57.4 Å². The first kappa shape index (κ1) is 14.9. The maximum Gasteiger partial charge on any atom is 0.242 e. The van der Waals surface area contributed by atoms with Crippen LogP contribution in [0.25, 0.3) is 0 Å². The van der Waals surface area contributed by atoms with E-state index in [0.29, 0.717) is 23.9 Å². The molecule has 3 rings (SSSR count). The van der Waals surface area contributed by atoms with Crippen molar-refractivity contribution in [3.63, 3.8) is 0 Å². The molecule has 0 aliphatic carbocycles. The number of rotatable bonds is 5. The van der Waals surface area contributed by atoms with E-state index in [1.165, 1.54) is 0 Å². The van der Waals surface area contributed by atoms with Gasteiger partial charge in [-0.15, -0.1) is 0 Å². The van der Waals surface area contributed by atoms with Crippen molar-refractivity contribution in [2.45, 2.75) is 13.5 Å². The molecule has 0 radical (unpaired) electrons. The summed E-state index contributed by atoms with van der Waals surface area (Å²) in [5.41, 5.74) is 8.55. The van der Waals surface area contributed by atoms with Gasteiger partial charge in [-0.1, -0.05) is 30.3 Å². The van der Waals surface area contributed by atoms with Gasteiger partial charge in [0, 0.05) is 6.20 Å². The summed E-state index contributed by atoms with van der Waals surface area (Å²) in [4.78, 5) is 4.19. The lowest BCUT2D eigenvalue weighted by Crippen LogP contribution is -1.96. The number of benzene rings is 2. The van der Waals surface area contributed by atoms with Crippen molar-refractivity contribution >= 4 is 5.69 Å². The Kier molecular flexibility index (Phi) is 4.43. The molecule has 3 aromatic rings. The van der Waals surface area contributed by atoms with Crippen LogP contribution in [0.1, 0.15) is 11.1 Å². The summed E-state index contributed by atoms with van der Waals surface area (Å²) in [5.74, 6) is 1.86. The van der Waals surface area contributed by atoms with Crippen LogP contribution in [-0.4, -0.2) is 4.98 Å². The second kappa shape index (κ2) is 6.83. The molecule has 4 nitrogen and oxygen atoms in total. The molecule has 0 unspecified atom stereocenters. The molecule has 1 aromatic heterocycles. The normalized spacial score (nSPS) is 10.3. The van der Waals surface area contributed by atoms with Gasteiger partial charge in [0.05, 0.1) is 5.69 Å². The fourth-order valence-electron chi connectivity index (χ4n) is 2.12. The number of nitrogen functional groups attached to an aromatic ring is 1. The molecule has 2 N–H and O–H groups in total. The number of pyridine rings is 1. The van der Waals surface area contributed by atoms with E-state index in [1.54, 1.807) is 6.20 Å². The number of ether oxygens (including phenoxy) is 2. The van der Waals surface area contributed by atoms with E-state index in [9.17, 15) is 0 Å². The predicted octanol–water partition coefficient (Wildman–Crippen LogP) is 4.34. The highest BCUT2D eigenvalue weighted by Crippen LogP contribution is 2.27. The SMILES string of the molecule is Cc1cnc(Oc2ccc(OCc3ccccc3)cc2)c(N)c1. The van der Waals surface area contributed by atoms with Crippen LogP contribution >= 0.6 is 0 Å². The monoisotopic (exact) mass is 306 g/mol. The van der Waals surface area contributed by atoms with Crippen molar-refractivity contribution in [2.75, 3.05) is 5.73 Å². The Morgan fingerprint density at radius 2 is 1.65 bits per heavy atom. The molecule has 4 heteroatoms. The Morgan fingerprint density at radius 3 is 2.35 bits per heavy atom. The minimum Gasteiger partial charge on any atom is -0.489 e. The quantitative estimate of drug-likeness (QED) is 0.761. The van der Waals surface area contributed by atoms with Crippen LogP contribution in [0.5, 0.6) is 17.4 Å². The van der Waals surface area contributed by atoms with E-state index in [0.717, 1.165) is 16.9 Å². The zero-order valence-electron chi connectivity index (χ0n) is 12.9. The first-order valence-corrected chi connectivity index (χ1v) is 7.37. The number of hydrogen-bond donors (Lipinski definition) is 1. The van der Waals surface area contributed by atoms with E-state index in [2.05, 4.69) is 4.98 Å². The minimum absolute atomic E-state index is 0.411. The molecule has 0 saturated heterocycles. The molecule has 0 amide bonds. The zero-order chi connectivity index (χ0) is 16.1. The summed E-state index contributed by atoms with van der Waals surface area (Å²) in [6, 6.07) is 19.3. The highest BCUT2D eigenvalue weighted by molar-refractivity contribution is 5.51. The first-order valence-electron chi connectivity index (χ1n) is 7.37. The molecule has 0 saturated carbocycles. The number of nitrogens with zero attached hydrogens (tertiary/aromatic N) is 1. The number of nitrogens with two attached hydrogens (primary N) is 1. The number of hydrogen-bond acceptors (Lipinski definition) is 4. The maximum absolute atomic E-state index is 5.90. The average Bonchev–Trinajstić information content (AvgIpc) is 2.58. The molecule has 1 heterocycles. The lowest BCUT2D eigenvalue weighted by molar-refractivity contribution is 0.305. The van der Waals surface area contributed by atoms with Gasteiger partial charge in [-0.05, 0) is 48.4 Å². The fourth-order valence-corrected chi connectivity index (χ4v) is 2.12. The average molecular weight is 306 g/mol. The smallest absolute Gasteiger partial charge is 0.242 e. The molecule has 2 aromatic carbocycles. The van der Waals surface area contributed by atoms with Gasteiger partial charge in [-0.2, -0.15) is 0 Å². The third-order valence-electron chi connectivity index (χ3n) is 3.30. The van der Waals surface area contributed by atoms with Crippen molar-refractivity contribution in [3.05, 3.63) is 78.0 Å². The summed E-state index contributed by atoms with van der Waals surface area (Å²) in [5, 5.41) is 0. The van der Waals surface area contributed by atoms with Crippen molar-refractivity contribution in [2.24, 2.45) is 0 Å². The highest BCUT2D eigenvalue weighted by atomic mass is 16.5. The number of aromatic nitrogens is 1. The third kappa shape index (κ3) is 4.01. The molecule has 0 spiro atoms. The van der Waals surface area contributed by atoms with E-state index >= 15 is 0 Å². The molecular formula is C19H18N2O2. The van der Waals surface area contributed by atoms with Gasteiger partial charge in [0.1, 0.15) is 18.1 Å². The van der Waals surface area contributed by atoms with Crippen LogP contribution in [0.2, 0.25) is 0 Å². The standard InChI is InChI=1S/C19H18N2O2/c1-14-11-18(20)19(21-12-14)23-17-9-7-16(8-10-17)22-13-15-5-3-2-4-6-15/h2-12H,13,20H2,1H3. The van der Waals surface area contributed by atoms with Crippen LogP contribution in [0.15, 0.2) is 66.9 Å². The van der Waals surface area contributed by atoms with Crippen molar-refractivity contribution in [1.29, 1.82) is 0 Å². The van der Waals surface area contributed by atoms with Crippen LogP contribution in [0.4, 0.5) is 5.69 Å². The Balaban J connectivity index is 1.63. The zero-order valence-corrected chi connectivity index (χ0v) is 12.9. The van der Waals surface area contributed by atoms with Gasteiger partial charge >= 0.3 is 0 Å². The van der Waals surface area contributed by atoms with Crippen molar-refractivity contribution < 1.29 is 9.47 Å². The number of aryl methyl sites for hydroxylation is 1. The summed E-state index contributed by atoms with van der Waals surface area (Å²) < 4.78 is 11.4. The lowest BCUT2D eigenvalue weighted by Gasteiger charge is -2.09. The Bertz CT molecular complexity index is 771. The molecule has 0 fully saturated rings. The third-order valence-corrected chi connectivity index (χ3v) is 3.30. The minimum atomic E-state index is 0.411. The van der Waals surface area contributed by atoms with E-state index in [4.69, 9.17) is 15.2 Å². The largest absolute Gasteiger partial charge is 0.489 e. The summed E-state index contributed by atoms with van der Waals surface area (Å²) in [6.07, 6.45) is 1.73. The molecule has 0 aliphatic rings. The van der Waals surface area contributed by atoms with E-state index < -0.39 is 0 Å². The van der Waals surface area contributed by atoms with Crippen LogP contribution in [0, 0.1) is 6.92 Å². The van der Waals surface area contributed by atoms with E-state index in [1.807, 2.05) is 67.6 Å². The lowest BCUT2D eigenvalue weighted by atomic mass is 10.2. The van der Waals surface area contributed by atoms with Gasteiger partial charge < -0.3 is 15.2 Å². The van der Waals surface area contributed by atoms with Gasteiger partial charge in [-0.3, -0.25) is 0 Å². The molecule has 23 heavy (non-hydrogen) atoms. The molecule has 0 bridgehead atoms. The summed E-state index contributed by atoms with van der Waals surface area (Å²) >= 11 is 0. The Morgan fingerprint density at radius 1 is 0.957 bits per heavy atom. The van der Waals surface area contributed by atoms with Crippen molar-refractivity contribution in [1.82, 2.24) is 4.98 Å². The highest BCUT2D eigenvalue weighted by Gasteiger charge is 2.04. The molecule has 0 aliphatic heterocycles. The summed E-state index contributed by atoms with van der Waals surface area (Å²) in [7, 11) is 0. The molecule has 0 atom stereocenters. The maximum atomic E-state index is 5.90. The second-order valence-corrected chi connectivity index (χ2v) is 5.25. The predicted molar refractivity (Wildman–Crippen MR) is 90.7 cm³/mol. The Labute approximate surface area is 135 Å². The van der Waals surface area contributed by atoms with E-state index in [-0.39, 0.29) is 0 Å².